The minimum atomic E-state index is -0.270. The van der Waals surface area contributed by atoms with E-state index in [4.69, 9.17) is 28.4 Å². The van der Waals surface area contributed by atoms with Crippen molar-refractivity contribution in [1.29, 1.82) is 0 Å². The van der Waals surface area contributed by atoms with Gasteiger partial charge >= 0.3 is 5.97 Å². The van der Waals surface area contributed by atoms with E-state index >= 15 is 0 Å². The summed E-state index contributed by atoms with van der Waals surface area (Å²) in [4.78, 5) is 37.3. The predicted molar refractivity (Wildman–Crippen MR) is 420 cm³/mol. The van der Waals surface area contributed by atoms with Crippen LogP contribution in [-0.4, -0.2) is 82.9 Å². The summed E-state index contributed by atoms with van der Waals surface area (Å²) in [6, 6.07) is 63.4. The average molecular weight is 1690 g/mol. The van der Waals surface area contributed by atoms with Gasteiger partial charge in [-0.15, -0.1) is 34.7 Å². The van der Waals surface area contributed by atoms with Gasteiger partial charge < -0.3 is 38.6 Å². The van der Waals surface area contributed by atoms with E-state index in [-0.39, 0.29) is 43.9 Å². The van der Waals surface area contributed by atoms with Gasteiger partial charge in [-0.25, -0.2) is 4.79 Å². The third-order valence-electron chi connectivity index (χ3n) is 20.4. The molecule has 0 saturated carbocycles. The summed E-state index contributed by atoms with van der Waals surface area (Å²) >= 11 is 5.79. The number of carbonyl (C=O) groups is 3. The van der Waals surface area contributed by atoms with Crippen molar-refractivity contribution in [1.82, 2.24) is 0 Å². The van der Waals surface area contributed by atoms with E-state index in [0.717, 1.165) is 132 Å². The van der Waals surface area contributed by atoms with E-state index in [1.807, 2.05) is 128 Å². The van der Waals surface area contributed by atoms with Crippen LogP contribution in [0.1, 0.15) is 99.0 Å². The van der Waals surface area contributed by atoms with Crippen LogP contribution in [0.4, 0.5) is 0 Å². The van der Waals surface area contributed by atoms with Crippen LogP contribution in [0.15, 0.2) is 197 Å². The van der Waals surface area contributed by atoms with Crippen LogP contribution in [0.3, 0.4) is 0 Å². The molecule has 1 radical (unpaired) electrons. The van der Waals surface area contributed by atoms with Crippen molar-refractivity contribution in [2.24, 2.45) is 5.92 Å². The van der Waals surface area contributed by atoms with Gasteiger partial charge in [0.25, 0.3) is 0 Å². The molecule has 2 atom stereocenters. The van der Waals surface area contributed by atoms with Crippen molar-refractivity contribution in [2.45, 2.75) is 64.7 Å². The molecule has 6 aliphatic rings. The summed E-state index contributed by atoms with van der Waals surface area (Å²) in [6.45, 7) is 4.26. The van der Waals surface area contributed by atoms with Gasteiger partial charge in [0, 0.05) is 69.3 Å². The molecule has 523 valence electrons. The first-order valence-corrected chi connectivity index (χ1v) is 37.3. The molecule has 0 bridgehead atoms. The number of rotatable bonds is 10. The largest absolute Gasteiger partial charge is 0.508 e. The number of benzene rings is 11. The molecule has 0 fully saturated rings. The number of ether oxygens (including phenoxy) is 6. The molecule has 15 heteroatoms. The first kappa shape index (κ1) is 73.7. The molecule has 2 unspecified atom stereocenters. The molecule has 11 aromatic rings. The maximum atomic E-state index is 12.9. The number of halogens is 1. The summed E-state index contributed by atoms with van der Waals surface area (Å²) in [6.07, 6.45) is 9.62. The molecule has 17 rings (SSSR count). The number of phenolic OH excluding ortho intramolecular Hbond substituents is 2. The third kappa shape index (κ3) is 14.9. The number of methoxy groups -OCH3 is 6. The Hall–Kier alpha value is -9.08. The fraction of sp³-hybridized carbons (Fsp3) is 0.216. The van der Waals surface area contributed by atoms with Crippen molar-refractivity contribution >= 4 is 90.8 Å². The van der Waals surface area contributed by atoms with Crippen molar-refractivity contribution < 1.29 is 73.4 Å². The maximum absolute atomic E-state index is 12.9. The minimum Gasteiger partial charge on any atom is -0.508 e. The Morgan fingerprint density at radius 1 is 0.505 bits per heavy atom. The normalized spacial score (nSPS) is 14.7. The van der Waals surface area contributed by atoms with Crippen LogP contribution >= 0.6 is 46.1 Å². The Bertz CT molecular complexity index is 5230. The van der Waals surface area contributed by atoms with Crippen LogP contribution in [0, 0.1) is 29.4 Å². The number of phenols is 2. The minimum absolute atomic E-state index is 0. The SMILES string of the molecule is COC(=O)C1=C(Cc2ccc(OC)cc2)c2ccc(OC)cc2C1.COc1ccc2c(c1)CC(=C(SC)SC)C2=O.COc1ccc2c(c1)CC1C(=O)c3cc(OC)ccc3CC21.Cc1c2c(cc3ccc(O)cc13)-c1ccc(O)cc1C2.Cc1ccc2cc3c(c(I)c2c1)Cc1c[c-]ccc1-3.[Re]. The van der Waals surface area contributed by atoms with E-state index < -0.39 is 0 Å². The van der Waals surface area contributed by atoms with E-state index in [9.17, 15) is 24.6 Å². The Morgan fingerprint density at radius 2 is 1.06 bits per heavy atom. The molecule has 0 heterocycles. The molecule has 0 saturated heterocycles. The van der Waals surface area contributed by atoms with E-state index in [1.165, 1.54) is 88.2 Å². The number of aryl methyl sites for hydroxylation is 2. The number of fused-ring (bicyclic) bond motifs is 14. The van der Waals surface area contributed by atoms with Crippen molar-refractivity contribution in [3.8, 4) is 62.5 Å². The zero-order valence-electron chi connectivity index (χ0n) is 59.1. The number of carbonyl (C=O) groups excluding carboxylic acids is 3. The molecule has 6 aliphatic carbocycles. The second kappa shape index (κ2) is 31.9. The number of Topliss-reactive ketones (excluding diaryl/α,β-unsaturated/α-hetero) is 2. The quantitative estimate of drug-likeness (QED) is 0.0580. The van der Waals surface area contributed by atoms with Gasteiger partial charge in [0.1, 0.15) is 40.2 Å². The topological polar surface area (TPSA) is 147 Å². The Morgan fingerprint density at radius 3 is 1.75 bits per heavy atom. The van der Waals surface area contributed by atoms with Gasteiger partial charge in [-0.1, -0.05) is 66.2 Å². The molecule has 103 heavy (non-hydrogen) atoms. The molecule has 11 aromatic carbocycles. The number of allylic oxidation sites excluding steroid dienone is 2. The van der Waals surface area contributed by atoms with Gasteiger partial charge in [0.05, 0.1) is 42.7 Å². The number of esters is 1. The van der Waals surface area contributed by atoms with Gasteiger partial charge in [0.2, 0.25) is 0 Å². The van der Waals surface area contributed by atoms with Gasteiger partial charge in [-0.3, -0.25) is 9.59 Å². The zero-order valence-corrected chi connectivity index (χ0v) is 65.6. The summed E-state index contributed by atoms with van der Waals surface area (Å²) in [5.41, 5.74) is 25.5. The summed E-state index contributed by atoms with van der Waals surface area (Å²) in [5, 5.41) is 24.3. The maximum Gasteiger partial charge on any atom is 0.334 e. The van der Waals surface area contributed by atoms with E-state index in [1.54, 1.807) is 71.2 Å². The molecule has 2 N–H and O–H groups in total. The van der Waals surface area contributed by atoms with E-state index in [0.29, 0.717) is 30.3 Å². The van der Waals surface area contributed by atoms with Gasteiger partial charge in [-0.2, -0.15) is 24.3 Å². The first-order valence-electron chi connectivity index (χ1n) is 33.7. The fourth-order valence-electron chi connectivity index (χ4n) is 15.2. The molecule has 0 amide bonds. The van der Waals surface area contributed by atoms with Gasteiger partial charge in [-0.05, 0) is 295 Å². The summed E-state index contributed by atoms with van der Waals surface area (Å²) in [7, 11) is 9.66. The molecule has 0 aliphatic heterocycles. The van der Waals surface area contributed by atoms with Crippen LogP contribution in [0.5, 0.6) is 40.2 Å². The van der Waals surface area contributed by atoms with Crippen LogP contribution in [0.25, 0.3) is 49.4 Å². The number of hydrogen-bond acceptors (Lipinski definition) is 13. The summed E-state index contributed by atoms with van der Waals surface area (Å²) < 4.78 is 33.8. The van der Waals surface area contributed by atoms with Crippen LogP contribution < -0.4 is 23.7 Å². The van der Waals surface area contributed by atoms with Gasteiger partial charge in [0.15, 0.2) is 11.6 Å². The number of ketones is 2. The molecular formula is C88H78IO11ReS2-. The molecular weight excluding hydrogens is 1610 g/mol. The smallest absolute Gasteiger partial charge is 0.334 e. The second-order valence-corrected chi connectivity index (χ2v) is 29.1. The zero-order chi connectivity index (χ0) is 71.6. The number of thioether (sulfide) groups is 2. The number of aromatic hydroxyl groups is 2. The van der Waals surface area contributed by atoms with Crippen molar-refractivity contribution in [2.75, 3.05) is 55.2 Å². The first-order chi connectivity index (χ1) is 49.4. The van der Waals surface area contributed by atoms with Crippen molar-refractivity contribution in [3.63, 3.8) is 0 Å². The Kier molecular flexibility index (Phi) is 22.8. The van der Waals surface area contributed by atoms with Crippen LogP contribution in [0.2, 0.25) is 0 Å². The standard InChI is InChI=1S/C20H20O4.C19H18O3.C18H12I.C18H14O2.C13H14O2S2.Re/c1-22-15-6-4-13(5-7-15)10-18-17-9-8-16(23-2)11-14(17)12-19(18)20(21)24-3;1-21-13-5-6-15-12(7-13)9-18-17(15)8-11-3-4-14(22-2)10-16(11)19(18)20;1-11-6-7-13-9-16-14-5-3-2-4-12(14)10-17(16)18(19)15(13)8-11;1-10-16-9-14(20)3-2-11(16)7-18-15-5-4-13(19)6-12(15)8-17(10)18;1-15-9-4-5-10-8(6-9)7-11(12(10)14)13(16-2)17-3;/h4-9,11H,10,12H2,1-3H3;3-7,10,17-18H,8-9H2,1-2H3;3-9H,10H2,1H3;2-7,9,19-20H,8H2,1H3;4-6H,7H2,1-3H3;/q;;-1;;;. The third-order valence-corrected chi connectivity index (χ3v) is 23.9. The average Bonchev–Trinajstić information content (AvgIpc) is 1.65. The summed E-state index contributed by atoms with van der Waals surface area (Å²) in [5.74, 6) is 5.16. The molecule has 0 spiro atoms. The Balaban J connectivity index is 0.000000122. The Labute approximate surface area is 637 Å². The predicted octanol–water partition coefficient (Wildman–Crippen LogP) is 19.5. The molecule has 0 aromatic heterocycles. The fourth-order valence-corrected chi connectivity index (χ4v) is 17.6. The number of hydrogen-bond donors (Lipinski definition) is 2. The van der Waals surface area contributed by atoms with E-state index in [2.05, 4.69) is 97.1 Å². The second-order valence-electron chi connectivity index (χ2n) is 26.1. The van der Waals surface area contributed by atoms with Crippen molar-refractivity contribution in [3.05, 3.63) is 290 Å². The molecule has 11 nitrogen and oxygen atoms in total. The van der Waals surface area contributed by atoms with Crippen LogP contribution in [-0.2, 0) is 74.9 Å². The monoisotopic (exact) mass is 1690 g/mol.